The summed E-state index contributed by atoms with van der Waals surface area (Å²) in [6, 6.07) is 6.20. The first kappa shape index (κ1) is 12.0. The quantitative estimate of drug-likeness (QED) is 0.780. The summed E-state index contributed by atoms with van der Waals surface area (Å²) in [4.78, 5) is 11.2. The van der Waals surface area contributed by atoms with Crippen molar-refractivity contribution >= 4 is 11.6 Å². The van der Waals surface area contributed by atoms with Gasteiger partial charge in [-0.1, -0.05) is 32.9 Å². The number of benzene rings is 1. The Bertz CT molecular complexity index is 446. The summed E-state index contributed by atoms with van der Waals surface area (Å²) in [5, 5.41) is 3.20. The van der Waals surface area contributed by atoms with E-state index < -0.39 is 0 Å². The second-order valence-corrected chi connectivity index (χ2v) is 5.76. The summed E-state index contributed by atoms with van der Waals surface area (Å²) < 4.78 is 0. The Morgan fingerprint density at radius 2 is 2.12 bits per heavy atom. The van der Waals surface area contributed by atoms with Gasteiger partial charge in [0.2, 0.25) is 5.91 Å². The molecule has 0 aliphatic carbocycles. The Kier molecular flexibility index (Phi) is 2.86. The number of hydrogen-bond acceptors (Lipinski definition) is 2. The SMILES string of the molecule is CC(C)(C)c1ccc2c(c1)CCC(C(N)=O)N2. The fourth-order valence-electron chi connectivity index (χ4n) is 2.18. The Morgan fingerprint density at radius 1 is 1.41 bits per heavy atom. The predicted octanol–water partition coefficient (Wildman–Crippen LogP) is 2.20. The zero-order valence-electron chi connectivity index (χ0n) is 10.7. The highest BCUT2D eigenvalue weighted by Crippen LogP contribution is 2.30. The normalized spacial score (nSPS) is 19.4. The molecule has 3 heteroatoms. The fourth-order valence-corrected chi connectivity index (χ4v) is 2.18. The molecule has 17 heavy (non-hydrogen) atoms. The lowest BCUT2D eigenvalue weighted by molar-refractivity contribution is -0.118. The lowest BCUT2D eigenvalue weighted by atomic mass is 9.84. The molecule has 1 aromatic rings. The smallest absolute Gasteiger partial charge is 0.239 e. The molecule has 1 atom stereocenters. The summed E-state index contributed by atoms with van der Waals surface area (Å²) >= 11 is 0. The zero-order valence-corrected chi connectivity index (χ0v) is 10.7. The second kappa shape index (κ2) is 4.06. The van der Waals surface area contributed by atoms with Gasteiger partial charge in [0.05, 0.1) is 0 Å². The first-order chi connectivity index (χ1) is 7.88. The number of rotatable bonds is 1. The number of nitrogens with one attached hydrogen (secondary N) is 1. The van der Waals surface area contributed by atoms with E-state index in [1.54, 1.807) is 0 Å². The Balaban J connectivity index is 2.29. The molecule has 92 valence electrons. The largest absolute Gasteiger partial charge is 0.373 e. The third kappa shape index (κ3) is 2.43. The maximum absolute atomic E-state index is 11.2. The van der Waals surface area contributed by atoms with Crippen molar-refractivity contribution in [1.82, 2.24) is 0 Å². The topological polar surface area (TPSA) is 55.1 Å². The van der Waals surface area contributed by atoms with Gasteiger partial charge in [-0.3, -0.25) is 4.79 Å². The van der Waals surface area contributed by atoms with Crippen LogP contribution in [0.2, 0.25) is 0 Å². The van der Waals surface area contributed by atoms with Crippen molar-refractivity contribution in [1.29, 1.82) is 0 Å². The molecule has 1 heterocycles. The number of nitrogens with two attached hydrogens (primary N) is 1. The summed E-state index contributed by atoms with van der Waals surface area (Å²) in [7, 11) is 0. The van der Waals surface area contributed by atoms with E-state index in [-0.39, 0.29) is 17.4 Å². The lowest BCUT2D eigenvalue weighted by Crippen LogP contribution is -2.38. The molecule has 0 spiro atoms. The van der Waals surface area contributed by atoms with E-state index in [4.69, 9.17) is 5.73 Å². The van der Waals surface area contributed by atoms with Crippen LogP contribution in [0.5, 0.6) is 0 Å². The molecule has 1 amide bonds. The number of amides is 1. The monoisotopic (exact) mass is 232 g/mol. The van der Waals surface area contributed by atoms with Gasteiger partial charge in [0.25, 0.3) is 0 Å². The van der Waals surface area contributed by atoms with Crippen LogP contribution in [0, 0.1) is 0 Å². The predicted molar refractivity (Wildman–Crippen MR) is 70.1 cm³/mol. The first-order valence-electron chi connectivity index (χ1n) is 6.07. The number of carbonyl (C=O) groups is 1. The molecule has 1 aliphatic heterocycles. The molecule has 0 saturated carbocycles. The van der Waals surface area contributed by atoms with Crippen molar-refractivity contribution < 1.29 is 4.79 Å². The van der Waals surface area contributed by atoms with Crippen molar-refractivity contribution in [2.75, 3.05) is 5.32 Å². The van der Waals surface area contributed by atoms with E-state index in [1.165, 1.54) is 11.1 Å². The summed E-state index contributed by atoms with van der Waals surface area (Å²) in [6.07, 6.45) is 1.70. The van der Waals surface area contributed by atoms with Crippen LogP contribution in [-0.2, 0) is 16.6 Å². The third-order valence-electron chi connectivity index (χ3n) is 3.35. The fraction of sp³-hybridized carbons (Fsp3) is 0.500. The van der Waals surface area contributed by atoms with E-state index in [1.807, 2.05) is 0 Å². The molecule has 1 aromatic carbocycles. The number of carbonyl (C=O) groups excluding carboxylic acids is 1. The minimum absolute atomic E-state index is 0.162. The van der Waals surface area contributed by atoms with Gasteiger partial charge in [0.1, 0.15) is 6.04 Å². The van der Waals surface area contributed by atoms with E-state index in [2.05, 4.69) is 44.3 Å². The minimum Gasteiger partial charge on any atom is -0.373 e. The van der Waals surface area contributed by atoms with Crippen LogP contribution in [0.4, 0.5) is 5.69 Å². The van der Waals surface area contributed by atoms with Crippen molar-refractivity contribution in [2.24, 2.45) is 5.73 Å². The molecular weight excluding hydrogens is 212 g/mol. The first-order valence-corrected chi connectivity index (χ1v) is 6.07. The molecule has 1 aliphatic rings. The Hall–Kier alpha value is -1.51. The number of primary amides is 1. The standard InChI is InChI=1S/C14H20N2O/c1-14(2,3)10-5-7-11-9(8-10)4-6-12(16-11)13(15)17/h5,7-8,12,16H,4,6H2,1-3H3,(H2,15,17). The van der Waals surface area contributed by atoms with E-state index in [0.717, 1.165) is 18.5 Å². The number of anilines is 1. The zero-order chi connectivity index (χ0) is 12.6. The van der Waals surface area contributed by atoms with Crippen molar-refractivity contribution in [3.63, 3.8) is 0 Å². The lowest BCUT2D eigenvalue weighted by Gasteiger charge is -2.27. The van der Waals surface area contributed by atoms with Gasteiger partial charge >= 0.3 is 0 Å². The molecule has 1 unspecified atom stereocenters. The molecule has 0 saturated heterocycles. The van der Waals surface area contributed by atoms with Crippen LogP contribution in [0.3, 0.4) is 0 Å². The number of aryl methyl sites for hydroxylation is 1. The van der Waals surface area contributed by atoms with Gasteiger partial charge in [-0.2, -0.15) is 0 Å². The minimum atomic E-state index is -0.268. The average molecular weight is 232 g/mol. The van der Waals surface area contributed by atoms with Crippen LogP contribution < -0.4 is 11.1 Å². The van der Waals surface area contributed by atoms with Gasteiger partial charge in [-0.05, 0) is 35.4 Å². The summed E-state index contributed by atoms with van der Waals surface area (Å²) in [5.41, 5.74) is 9.15. The molecule has 0 fully saturated rings. The highest BCUT2D eigenvalue weighted by molar-refractivity contribution is 5.84. The molecule has 0 aromatic heterocycles. The second-order valence-electron chi connectivity index (χ2n) is 5.76. The van der Waals surface area contributed by atoms with Crippen LogP contribution in [-0.4, -0.2) is 11.9 Å². The third-order valence-corrected chi connectivity index (χ3v) is 3.35. The van der Waals surface area contributed by atoms with Crippen molar-refractivity contribution in [2.45, 2.75) is 45.1 Å². The maximum Gasteiger partial charge on any atom is 0.239 e. The molecule has 3 nitrogen and oxygen atoms in total. The number of hydrogen-bond donors (Lipinski definition) is 2. The van der Waals surface area contributed by atoms with Crippen LogP contribution in [0.15, 0.2) is 18.2 Å². The van der Waals surface area contributed by atoms with Gasteiger partial charge in [-0.15, -0.1) is 0 Å². The molecular formula is C14H20N2O. The maximum atomic E-state index is 11.2. The Morgan fingerprint density at radius 3 is 2.71 bits per heavy atom. The van der Waals surface area contributed by atoms with Gasteiger partial charge in [0.15, 0.2) is 0 Å². The molecule has 2 rings (SSSR count). The molecule has 3 N–H and O–H groups in total. The van der Waals surface area contributed by atoms with E-state index in [9.17, 15) is 4.79 Å². The van der Waals surface area contributed by atoms with Gasteiger partial charge in [0, 0.05) is 5.69 Å². The molecule has 0 radical (unpaired) electrons. The molecule has 0 bridgehead atoms. The van der Waals surface area contributed by atoms with Crippen LogP contribution >= 0.6 is 0 Å². The van der Waals surface area contributed by atoms with Gasteiger partial charge in [-0.25, -0.2) is 0 Å². The Labute approximate surface area is 102 Å². The van der Waals surface area contributed by atoms with Crippen molar-refractivity contribution in [3.8, 4) is 0 Å². The van der Waals surface area contributed by atoms with Crippen LogP contribution in [0.25, 0.3) is 0 Å². The van der Waals surface area contributed by atoms with Crippen LogP contribution in [0.1, 0.15) is 38.3 Å². The van der Waals surface area contributed by atoms with E-state index in [0.29, 0.717) is 0 Å². The highest BCUT2D eigenvalue weighted by atomic mass is 16.1. The highest BCUT2D eigenvalue weighted by Gasteiger charge is 2.23. The number of fused-ring (bicyclic) bond motifs is 1. The van der Waals surface area contributed by atoms with Gasteiger partial charge < -0.3 is 11.1 Å². The summed E-state index contributed by atoms with van der Waals surface area (Å²) in [5.74, 6) is -0.268. The average Bonchev–Trinajstić information content (AvgIpc) is 2.26. The summed E-state index contributed by atoms with van der Waals surface area (Å²) in [6.45, 7) is 6.62. The van der Waals surface area contributed by atoms with Crippen molar-refractivity contribution in [3.05, 3.63) is 29.3 Å². The van der Waals surface area contributed by atoms with E-state index >= 15 is 0 Å².